The van der Waals surface area contributed by atoms with E-state index in [9.17, 15) is 5.11 Å². The molecule has 0 radical (unpaired) electrons. The lowest BCUT2D eigenvalue weighted by Crippen LogP contribution is -2.44. The molecule has 1 fully saturated rings. The molecule has 5 nitrogen and oxygen atoms in total. The van der Waals surface area contributed by atoms with E-state index in [1.165, 1.54) is 0 Å². The highest BCUT2D eigenvalue weighted by molar-refractivity contribution is 4.97. The number of fused-ring (bicyclic) bond motifs is 1. The smallest absolute Gasteiger partial charge is 0.122 e. The Balaban J connectivity index is 1.67. The summed E-state index contributed by atoms with van der Waals surface area (Å²) in [5, 5.41) is 9.57. The number of ether oxygens (including phenoxy) is 1. The van der Waals surface area contributed by atoms with Crippen LogP contribution in [0, 0.1) is 5.41 Å². The maximum atomic E-state index is 9.57. The van der Waals surface area contributed by atoms with Gasteiger partial charge in [0.1, 0.15) is 5.82 Å². The van der Waals surface area contributed by atoms with Gasteiger partial charge in [-0.2, -0.15) is 0 Å². The first-order valence-electron chi connectivity index (χ1n) is 6.22. The summed E-state index contributed by atoms with van der Waals surface area (Å²) in [6, 6.07) is 0. The molecule has 1 unspecified atom stereocenters. The summed E-state index contributed by atoms with van der Waals surface area (Å²) in [7, 11) is 0. The van der Waals surface area contributed by atoms with Crippen molar-refractivity contribution in [3.63, 3.8) is 0 Å². The molecule has 0 spiro atoms. The van der Waals surface area contributed by atoms with E-state index in [1.807, 2.05) is 12.4 Å². The Labute approximate surface area is 101 Å². The normalized spacial score (nSPS) is 29.5. The van der Waals surface area contributed by atoms with E-state index in [4.69, 9.17) is 4.74 Å². The number of aliphatic hydroxyl groups excluding tert-OH is 1. The third-order valence-corrected chi connectivity index (χ3v) is 3.90. The van der Waals surface area contributed by atoms with Crippen LogP contribution < -0.4 is 0 Å². The van der Waals surface area contributed by atoms with Crippen molar-refractivity contribution < 1.29 is 9.84 Å². The van der Waals surface area contributed by atoms with Gasteiger partial charge < -0.3 is 14.4 Å². The number of imidazole rings is 1. The predicted molar refractivity (Wildman–Crippen MR) is 62.5 cm³/mol. The van der Waals surface area contributed by atoms with E-state index >= 15 is 0 Å². The third kappa shape index (κ3) is 2.10. The second-order valence-corrected chi connectivity index (χ2v) is 5.21. The van der Waals surface area contributed by atoms with Crippen molar-refractivity contribution in [3.8, 4) is 0 Å². The monoisotopic (exact) mass is 237 g/mol. The predicted octanol–water partition coefficient (Wildman–Crippen LogP) is 0.0977. The molecule has 3 heterocycles. The highest BCUT2D eigenvalue weighted by Crippen LogP contribution is 2.30. The standard InChI is InChI=1S/C12H19N3O2/c16-9-12(1-6-17-10-12)8-14-4-5-15-3-2-13-11(15)7-14/h2-3,16H,1,4-10H2. The van der Waals surface area contributed by atoms with E-state index in [-0.39, 0.29) is 12.0 Å². The molecule has 1 aromatic rings. The number of hydrogen-bond donors (Lipinski definition) is 1. The van der Waals surface area contributed by atoms with Crippen molar-refractivity contribution >= 4 is 0 Å². The van der Waals surface area contributed by atoms with Gasteiger partial charge in [0.2, 0.25) is 0 Å². The van der Waals surface area contributed by atoms with E-state index in [2.05, 4.69) is 14.5 Å². The molecule has 3 rings (SSSR count). The lowest BCUT2D eigenvalue weighted by molar-refractivity contribution is 0.0472. The molecule has 2 aliphatic heterocycles. The summed E-state index contributed by atoms with van der Waals surface area (Å²) in [4.78, 5) is 6.74. The quantitative estimate of drug-likeness (QED) is 0.810. The van der Waals surface area contributed by atoms with Crippen LogP contribution in [0.1, 0.15) is 12.2 Å². The van der Waals surface area contributed by atoms with Gasteiger partial charge in [-0.1, -0.05) is 0 Å². The molecule has 94 valence electrons. The molecule has 0 aliphatic carbocycles. The molecule has 0 aromatic carbocycles. The van der Waals surface area contributed by atoms with E-state index in [0.717, 1.165) is 45.0 Å². The van der Waals surface area contributed by atoms with Gasteiger partial charge in [-0.3, -0.25) is 4.90 Å². The fourth-order valence-electron chi connectivity index (χ4n) is 2.78. The second kappa shape index (κ2) is 4.40. The van der Waals surface area contributed by atoms with Crippen LogP contribution in [-0.4, -0.2) is 52.5 Å². The van der Waals surface area contributed by atoms with Crippen molar-refractivity contribution in [2.24, 2.45) is 5.41 Å². The molecule has 1 atom stereocenters. The van der Waals surface area contributed by atoms with E-state index < -0.39 is 0 Å². The molecule has 0 bridgehead atoms. The average Bonchev–Trinajstić information content (AvgIpc) is 2.97. The topological polar surface area (TPSA) is 50.5 Å². The maximum Gasteiger partial charge on any atom is 0.122 e. The minimum atomic E-state index is -0.0469. The SMILES string of the molecule is OCC1(CN2CCn3ccnc3C2)CCOC1. The molecule has 1 saturated heterocycles. The number of aromatic nitrogens is 2. The first kappa shape index (κ1) is 11.2. The Hall–Kier alpha value is -0.910. The Bertz CT molecular complexity index is 385. The molecule has 1 N–H and O–H groups in total. The van der Waals surface area contributed by atoms with Crippen molar-refractivity contribution in [1.82, 2.24) is 14.5 Å². The highest BCUT2D eigenvalue weighted by Gasteiger charge is 2.36. The van der Waals surface area contributed by atoms with Crippen LogP contribution in [0.2, 0.25) is 0 Å². The Morgan fingerprint density at radius 3 is 3.18 bits per heavy atom. The van der Waals surface area contributed by atoms with Crippen LogP contribution >= 0.6 is 0 Å². The molecule has 1 aromatic heterocycles. The fourth-order valence-corrected chi connectivity index (χ4v) is 2.78. The zero-order valence-electron chi connectivity index (χ0n) is 10.0. The lowest BCUT2D eigenvalue weighted by Gasteiger charge is -2.35. The molecule has 0 saturated carbocycles. The average molecular weight is 237 g/mol. The summed E-state index contributed by atoms with van der Waals surface area (Å²) >= 11 is 0. The first-order valence-corrected chi connectivity index (χ1v) is 6.22. The van der Waals surface area contributed by atoms with E-state index in [1.54, 1.807) is 0 Å². The summed E-state index contributed by atoms with van der Waals surface area (Å²) in [6.45, 7) is 5.52. The molecule has 17 heavy (non-hydrogen) atoms. The Morgan fingerprint density at radius 2 is 2.41 bits per heavy atom. The molecular weight excluding hydrogens is 218 g/mol. The van der Waals surface area contributed by atoms with Crippen LogP contribution in [0.25, 0.3) is 0 Å². The van der Waals surface area contributed by atoms with Gasteiger partial charge in [0, 0.05) is 44.0 Å². The second-order valence-electron chi connectivity index (χ2n) is 5.21. The lowest BCUT2D eigenvalue weighted by atomic mass is 9.87. The van der Waals surface area contributed by atoms with Gasteiger partial charge in [-0.25, -0.2) is 4.98 Å². The van der Waals surface area contributed by atoms with Crippen molar-refractivity contribution in [2.75, 3.05) is 32.9 Å². The van der Waals surface area contributed by atoms with E-state index in [0.29, 0.717) is 6.61 Å². The van der Waals surface area contributed by atoms with Crippen LogP contribution in [0.4, 0.5) is 0 Å². The number of hydrogen-bond acceptors (Lipinski definition) is 4. The number of nitrogens with zero attached hydrogens (tertiary/aromatic N) is 3. The van der Waals surface area contributed by atoms with Crippen LogP contribution in [0.5, 0.6) is 0 Å². The minimum absolute atomic E-state index is 0.0469. The number of aliphatic hydroxyl groups is 1. The maximum absolute atomic E-state index is 9.57. The summed E-state index contributed by atoms with van der Waals surface area (Å²) in [5.74, 6) is 1.13. The highest BCUT2D eigenvalue weighted by atomic mass is 16.5. The van der Waals surface area contributed by atoms with Gasteiger partial charge >= 0.3 is 0 Å². The Kier molecular flexibility index (Phi) is 2.90. The van der Waals surface area contributed by atoms with Crippen LogP contribution in [-0.2, 0) is 17.8 Å². The zero-order valence-corrected chi connectivity index (χ0v) is 10.0. The van der Waals surface area contributed by atoms with Crippen LogP contribution in [0.15, 0.2) is 12.4 Å². The molecule has 0 amide bonds. The van der Waals surface area contributed by atoms with Gasteiger partial charge in [0.25, 0.3) is 0 Å². The molecule has 2 aliphatic rings. The van der Waals surface area contributed by atoms with Gasteiger partial charge in [-0.15, -0.1) is 0 Å². The largest absolute Gasteiger partial charge is 0.396 e. The van der Waals surface area contributed by atoms with Crippen molar-refractivity contribution in [1.29, 1.82) is 0 Å². The number of rotatable bonds is 3. The summed E-state index contributed by atoms with van der Waals surface area (Å²) < 4.78 is 7.64. The van der Waals surface area contributed by atoms with Gasteiger partial charge in [0.05, 0.1) is 19.8 Å². The van der Waals surface area contributed by atoms with Crippen LogP contribution in [0.3, 0.4) is 0 Å². The summed E-state index contributed by atoms with van der Waals surface area (Å²) in [6.07, 6.45) is 4.86. The first-order chi connectivity index (χ1) is 8.31. The fraction of sp³-hybridized carbons (Fsp3) is 0.750. The van der Waals surface area contributed by atoms with Crippen molar-refractivity contribution in [3.05, 3.63) is 18.2 Å². The molecule has 5 heteroatoms. The molecular formula is C12H19N3O2. The minimum Gasteiger partial charge on any atom is -0.396 e. The third-order valence-electron chi connectivity index (χ3n) is 3.90. The zero-order chi connectivity index (χ0) is 11.7. The van der Waals surface area contributed by atoms with Gasteiger partial charge in [-0.05, 0) is 6.42 Å². The van der Waals surface area contributed by atoms with Crippen molar-refractivity contribution in [2.45, 2.75) is 19.5 Å². The Morgan fingerprint density at radius 1 is 1.47 bits per heavy atom. The summed E-state index contributed by atoms with van der Waals surface area (Å²) in [5.41, 5.74) is -0.0469. The van der Waals surface area contributed by atoms with Gasteiger partial charge in [0.15, 0.2) is 0 Å².